The number of hydrogen-bond donors (Lipinski definition) is 0. The van der Waals surface area contributed by atoms with Crippen LogP contribution in [0.15, 0.2) is 51.7 Å². The van der Waals surface area contributed by atoms with Crippen molar-refractivity contribution < 1.29 is 4.42 Å². The van der Waals surface area contributed by atoms with Gasteiger partial charge in [0, 0.05) is 5.56 Å². The lowest BCUT2D eigenvalue weighted by Crippen LogP contribution is -1.90. The highest BCUT2D eigenvalue weighted by atomic mass is 79.9. The highest BCUT2D eigenvalue weighted by Crippen LogP contribution is 2.34. The van der Waals surface area contributed by atoms with Gasteiger partial charge < -0.3 is 4.42 Å². The predicted octanol–water partition coefficient (Wildman–Crippen LogP) is 4.37. The van der Waals surface area contributed by atoms with Crippen LogP contribution in [0.5, 0.6) is 0 Å². The van der Waals surface area contributed by atoms with E-state index in [9.17, 15) is 0 Å². The maximum Gasteiger partial charge on any atom is 0.173 e. The first-order valence-corrected chi connectivity index (χ1v) is 5.44. The van der Waals surface area contributed by atoms with E-state index in [-0.39, 0.29) is 5.38 Å². The van der Waals surface area contributed by atoms with Crippen LogP contribution in [0.4, 0.5) is 0 Å². The molecule has 1 aromatic heterocycles. The largest absolute Gasteiger partial charge is 0.457 e. The third kappa shape index (κ3) is 1.86. The second kappa shape index (κ2) is 4.20. The van der Waals surface area contributed by atoms with Gasteiger partial charge in [0.1, 0.15) is 0 Å². The second-order valence-electron chi connectivity index (χ2n) is 2.92. The normalized spacial score (nSPS) is 12.7. The van der Waals surface area contributed by atoms with Gasteiger partial charge in [-0.1, -0.05) is 30.3 Å². The summed E-state index contributed by atoms with van der Waals surface area (Å²) in [6, 6.07) is 11.8. The first-order valence-electron chi connectivity index (χ1n) is 4.21. The molecule has 14 heavy (non-hydrogen) atoms. The van der Waals surface area contributed by atoms with Gasteiger partial charge in [0.05, 0.1) is 11.6 Å². The molecule has 0 radical (unpaired) electrons. The molecule has 0 spiro atoms. The molecule has 0 aliphatic carbocycles. The lowest BCUT2D eigenvalue weighted by Gasteiger charge is -2.07. The standard InChI is InChI=1S/C11H8BrClO/c12-11-9(6-7-14-11)10(13)8-4-2-1-3-5-8/h1-7,10H. The summed E-state index contributed by atoms with van der Waals surface area (Å²) in [5, 5.41) is -0.163. The number of halogens is 2. The van der Waals surface area contributed by atoms with E-state index < -0.39 is 0 Å². The summed E-state index contributed by atoms with van der Waals surface area (Å²) in [7, 11) is 0. The fourth-order valence-corrected chi connectivity index (χ4v) is 2.20. The van der Waals surface area contributed by atoms with Gasteiger partial charge in [0.2, 0.25) is 0 Å². The van der Waals surface area contributed by atoms with Crippen LogP contribution in [-0.2, 0) is 0 Å². The maximum absolute atomic E-state index is 6.29. The lowest BCUT2D eigenvalue weighted by atomic mass is 10.1. The summed E-state index contributed by atoms with van der Waals surface area (Å²) >= 11 is 9.60. The first kappa shape index (κ1) is 9.81. The summed E-state index contributed by atoms with van der Waals surface area (Å²) in [4.78, 5) is 0. The smallest absolute Gasteiger partial charge is 0.173 e. The number of alkyl halides is 1. The van der Waals surface area contributed by atoms with E-state index >= 15 is 0 Å². The van der Waals surface area contributed by atoms with Crippen molar-refractivity contribution in [1.29, 1.82) is 0 Å². The van der Waals surface area contributed by atoms with Crippen LogP contribution in [0, 0.1) is 0 Å². The molecule has 1 aromatic carbocycles. The first-order chi connectivity index (χ1) is 6.79. The molecule has 0 saturated heterocycles. The fourth-order valence-electron chi connectivity index (χ4n) is 1.29. The zero-order chi connectivity index (χ0) is 9.97. The van der Waals surface area contributed by atoms with Gasteiger partial charge in [-0.3, -0.25) is 0 Å². The summed E-state index contributed by atoms with van der Waals surface area (Å²) in [6.07, 6.45) is 1.62. The van der Waals surface area contributed by atoms with Crippen molar-refractivity contribution >= 4 is 27.5 Å². The molecule has 0 amide bonds. The van der Waals surface area contributed by atoms with Crippen LogP contribution < -0.4 is 0 Å². The number of hydrogen-bond acceptors (Lipinski definition) is 1. The maximum atomic E-state index is 6.29. The SMILES string of the molecule is ClC(c1ccccc1)c1ccoc1Br. The molecule has 0 bridgehead atoms. The molecule has 0 saturated carbocycles. The van der Waals surface area contributed by atoms with Crippen molar-refractivity contribution in [1.82, 2.24) is 0 Å². The van der Waals surface area contributed by atoms with Crippen LogP contribution in [0.25, 0.3) is 0 Å². The Morgan fingerprint density at radius 1 is 1.14 bits per heavy atom. The van der Waals surface area contributed by atoms with Gasteiger partial charge in [-0.05, 0) is 27.6 Å². The highest BCUT2D eigenvalue weighted by molar-refractivity contribution is 9.10. The fraction of sp³-hybridized carbons (Fsp3) is 0.0909. The topological polar surface area (TPSA) is 13.1 Å². The third-order valence-electron chi connectivity index (χ3n) is 2.01. The molecule has 0 N–H and O–H groups in total. The Balaban J connectivity index is 2.34. The Morgan fingerprint density at radius 2 is 1.86 bits per heavy atom. The Hall–Kier alpha value is -0.730. The van der Waals surface area contributed by atoms with Crippen LogP contribution >= 0.6 is 27.5 Å². The van der Waals surface area contributed by atoms with Gasteiger partial charge in [-0.2, -0.15) is 0 Å². The van der Waals surface area contributed by atoms with E-state index in [1.54, 1.807) is 6.26 Å². The second-order valence-corrected chi connectivity index (χ2v) is 4.08. The van der Waals surface area contributed by atoms with E-state index in [0.717, 1.165) is 11.1 Å². The van der Waals surface area contributed by atoms with Gasteiger partial charge in [-0.15, -0.1) is 11.6 Å². The average molecular weight is 272 g/mol. The minimum Gasteiger partial charge on any atom is -0.457 e. The minimum absolute atomic E-state index is 0.163. The van der Waals surface area contributed by atoms with Crippen LogP contribution in [0.3, 0.4) is 0 Å². The zero-order valence-electron chi connectivity index (χ0n) is 7.28. The van der Waals surface area contributed by atoms with E-state index in [1.165, 1.54) is 0 Å². The summed E-state index contributed by atoms with van der Waals surface area (Å²) in [5.41, 5.74) is 2.02. The summed E-state index contributed by atoms with van der Waals surface area (Å²) in [5.74, 6) is 0. The molecule has 72 valence electrons. The van der Waals surface area contributed by atoms with Crippen molar-refractivity contribution in [3.63, 3.8) is 0 Å². The van der Waals surface area contributed by atoms with Crippen molar-refractivity contribution in [2.45, 2.75) is 5.38 Å². The van der Waals surface area contributed by atoms with Crippen LogP contribution in [0.2, 0.25) is 0 Å². The Kier molecular flexibility index (Phi) is 2.94. The quantitative estimate of drug-likeness (QED) is 0.739. The molecule has 3 heteroatoms. The Bertz CT molecular complexity index is 410. The molecular formula is C11H8BrClO. The van der Waals surface area contributed by atoms with E-state index in [0.29, 0.717) is 4.67 Å². The zero-order valence-corrected chi connectivity index (χ0v) is 9.62. The molecule has 1 atom stereocenters. The molecule has 1 heterocycles. The molecule has 0 aliphatic rings. The predicted molar refractivity (Wildman–Crippen MR) is 60.5 cm³/mol. The highest BCUT2D eigenvalue weighted by Gasteiger charge is 2.15. The van der Waals surface area contributed by atoms with Crippen LogP contribution in [-0.4, -0.2) is 0 Å². The summed E-state index contributed by atoms with van der Waals surface area (Å²) in [6.45, 7) is 0. The number of rotatable bonds is 2. The van der Waals surface area contributed by atoms with Crippen molar-refractivity contribution in [3.8, 4) is 0 Å². The van der Waals surface area contributed by atoms with Gasteiger partial charge in [0.15, 0.2) is 4.67 Å². The Morgan fingerprint density at radius 3 is 2.43 bits per heavy atom. The van der Waals surface area contributed by atoms with E-state index in [2.05, 4.69) is 15.9 Å². The summed E-state index contributed by atoms with van der Waals surface area (Å²) < 4.78 is 5.84. The van der Waals surface area contributed by atoms with Gasteiger partial charge in [-0.25, -0.2) is 0 Å². The van der Waals surface area contributed by atoms with Gasteiger partial charge >= 0.3 is 0 Å². The van der Waals surface area contributed by atoms with Crippen molar-refractivity contribution in [2.75, 3.05) is 0 Å². The molecule has 2 aromatic rings. The molecule has 1 nitrogen and oxygen atoms in total. The third-order valence-corrected chi connectivity index (χ3v) is 3.14. The number of furan rings is 1. The minimum atomic E-state index is -0.163. The number of benzene rings is 1. The molecule has 1 unspecified atom stereocenters. The van der Waals surface area contributed by atoms with Gasteiger partial charge in [0.25, 0.3) is 0 Å². The van der Waals surface area contributed by atoms with Crippen molar-refractivity contribution in [2.24, 2.45) is 0 Å². The molecule has 2 rings (SSSR count). The van der Waals surface area contributed by atoms with E-state index in [1.807, 2.05) is 36.4 Å². The Labute approximate surface area is 95.8 Å². The molecular weight excluding hydrogens is 263 g/mol. The van der Waals surface area contributed by atoms with Crippen LogP contribution in [0.1, 0.15) is 16.5 Å². The van der Waals surface area contributed by atoms with Crippen molar-refractivity contribution in [3.05, 3.63) is 58.5 Å². The lowest BCUT2D eigenvalue weighted by molar-refractivity contribution is 0.537. The molecule has 0 fully saturated rings. The molecule has 0 aliphatic heterocycles. The average Bonchev–Trinajstić information content (AvgIpc) is 2.65. The van der Waals surface area contributed by atoms with E-state index in [4.69, 9.17) is 16.0 Å². The monoisotopic (exact) mass is 270 g/mol.